The van der Waals surface area contributed by atoms with Crippen LogP contribution in [0.3, 0.4) is 0 Å². The summed E-state index contributed by atoms with van der Waals surface area (Å²) >= 11 is 3.41. The molecule has 2 fully saturated rings. The van der Waals surface area contributed by atoms with Crippen molar-refractivity contribution in [2.75, 3.05) is 6.54 Å². The summed E-state index contributed by atoms with van der Waals surface area (Å²) in [6.45, 7) is 3.09. The van der Waals surface area contributed by atoms with Gasteiger partial charge in [0.2, 0.25) is 0 Å². The minimum Gasteiger partial charge on any atom is -0.310 e. The van der Waals surface area contributed by atoms with Gasteiger partial charge in [0.25, 0.3) is 0 Å². The molecule has 2 aliphatic carbocycles. The van der Waals surface area contributed by atoms with Gasteiger partial charge in [-0.2, -0.15) is 0 Å². The Morgan fingerprint density at radius 1 is 1.37 bits per heavy atom. The van der Waals surface area contributed by atoms with Crippen LogP contribution in [0, 0.1) is 23.6 Å². The molecule has 0 aromatic heterocycles. The van der Waals surface area contributed by atoms with Crippen molar-refractivity contribution in [3.8, 4) is 0 Å². The number of nitrogens with one attached hydrogen (secondary N) is 1. The van der Waals surface area contributed by atoms with Crippen LogP contribution in [0.5, 0.6) is 0 Å². The standard InChI is InChI=1S/C16H21BrFN/c1-10(15-8-14(17)4-5-16(15)18)19-9-13-7-11-2-3-12(13)6-11/h4-5,8,10-13,19H,2-3,6-7,9H2,1H3. The Morgan fingerprint density at radius 2 is 2.21 bits per heavy atom. The average molecular weight is 326 g/mol. The van der Waals surface area contributed by atoms with E-state index in [1.54, 1.807) is 6.07 Å². The van der Waals surface area contributed by atoms with Gasteiger partial charge >= 0.3 is 0 Å². The zero-order valence-electron chi connectivity index (χ0n) is 11.3. The second kappa shape index (κ2) is 5.53. The van der Waals surface area contributed by atoms with Crippen LogP contribution < -0.4 is 5.32 Å². The van der Waals surface area contributed by atoms with E-state index in [1.165, 1.54) is 31.7 Å². The van der Waals surface area contributed by atoms with Crippen molar-refractivity contribution in [2.24, 2.45) is 17.8 Å². The third-order valence-electron chi connectivity index (χ3n) is 5.00. The number of rotatable bonds is 4. The Morgan fingerprint density at radius 3 is 2.89 bits per heavy atom. The Kier molecular flexibility index (Phi) is 3.95. The summed E-state index contributed by atoms with van der Waals surface area (Å²) in [5.41, 5.74) is 0.762. The Balaban J connectivity index is 1.59. The maximum absolute atomic E-state index is 13.8. The zero-order valence-corrected chi connectivity index (χ0v) is 12.9. The number of halogens is 2. The Labute approximate surface area is 123 Å². The molecule has 19 heavy (non-hydrogen) atoms. The minimum absolute atomic E-state index is 0.0802. The van der Waals surface area contributed by atoms with E-state index in [0.717, 1.165) is 34.3 Å². The molecular weight excluding hydrogens is 305 g/mol. The third kappa shape index (κ3) is 2.87. The predicted octanol–water partition coefficient (Wildman–Crippen LogP) is 4.68. The lowest BCUT2D eigenvalue weighted by Gasteiger charge is -2.24. The lowest BCUT2D eigenvalue weighted by Crippen LogP contribution is -2.29. The van der Waals surface area contributed by atoms with Gasteiger partial charge < -0.3 is 5.32 Å². The predicted molar refractivity (Wildman–Crippen MR) is 79.5 cm³/mol. The molecule has 0 radical (unpaired) electrons. The molecule has 3 rings (SSSR count). The van der Waals surface area contributed by atoms with E-state index in [0.29, 0.717) is 0 Å². The maximum atomic E-state index is 13.8. The summed E-state index contributed by atoms with van der Waals surface area (Å²) in [6.07, 6.45) is 5.67. The molecule has 0 aliphatic heterocycles. The number of hydrogen-bond acceptors (Lipinski definition) is 1. The average Bonchev–Trinajstić information content (AvgIpc) is 3.01. The fraction of sp³-hybridized carbons (Fsp3) is 0.625. The fourth-order valence-corrected chi connectivity index (χ4v) is 4.29. The van der Waals surface area contributed by atoms with Gasteiger partial charge in [0.05, 0.1) is 0 Å². The molecule has 1 nitrogen and oxygen atoms in total. The van der Waals surface area contributed by atoms with E-state index in [9.17, 15) is 4.39 Å². The van der Waals surface area contributed by atoms with Crippen LogP contribution >= 0.6 is 15.9 Å². The van der Waals surface area contributed by atoms with E-state index < -0.39 is 0 Å². The third-order valence-corrected chi connectivity index (χ3v) is 5.49. The van der Waals surface area contributed by atoms with E-state index in [4.69, 9.17) is 0 Å². The van der Waals surface area contributed by atoms with Gasteiger partial charge in [-0.3, -0.25) is 0 Å². The summed E-state index contributed by atoms with van der Waals surface area (Å²) in [5.74, 6) is 2.61. The van der Waals surface area contributed by atoms with Crippen molar-refractivity contribution in [3.05, 3.63) is 34.1 Å². The second-order valence-corrected chi connectivity index (χ2v) is 7.15. The van der Waals surface area contributed by atoms with Gasteiger partial charge in [-0.1, -0.05) is 22.4 Å². The summed E-state index contributed by atoms with van der Waals surface area (Å²) < 4.78 is 14.8. The van der Waals surface area contributed by atoms with Gasteiger partial charge in [0.1, 0.15) is 5.82 Å². The lowest BCUT2D eigenvalue weighted by molar-refractivity contribution is 0.308. The molecule has 4 unspecified atom stereocenters. The van der Waals surface area contributed by atoms with Gasteiger partial charge in [0.15, 0.2) is 0 Å². The smallest absolute Gasteiger partial charge is 0.128 e. The highest BCUT2D eigenvalue weighted by Crippen LogP contribution is 2.48. The monoisotopic (exact) mass is 325 g/mol. The largest absolute Gasteiger partial charge is 0.310 e. The van der Waals surface area contributed by atoms with Gasteiger partial charge in [-0.25, -0.2) is 4.39 Å². The molecule has 1 aromatic carbocycles. The van der Waals surface area contributed by atoms with Crippen molar-refractivity contribution in [2.45, 2.75) is 38.6 Å². The quantitative estimate of drug-likeness (QED) is 0.847. The molecule has 4 atom stereocenters. The van der Waals surface area contributed by atoms with Crippen LogP contribution in [0.15, 0.2) is 22.7 Å². The minimum atomic E-state index is -0.115. The van der Waals surface area contributed by atoms with Crippen LogP contribution in [-0.2, 0) is 0 Å². The van der Waals surface area contributed by atoms with Crippen LogP contribution in [-0.4, -0.2) is 6.54 Å². The van der Waals surface area contributed by atoms with Gasteiger partial charge in [-0.15, -0.1) is 0 Å². The first-order valence-electron chi connectivity index (χ1n) is 7.32. The summed E-state index contributed by atoms with van der Waals surface area (Å²) in [5, 5.41) is 3.53. The lowest BCUT2D eigenvalue weighted by atomic mass is 9.88. The molecule has 0 amide bonds. The van der Waals surface area contributed by atoms with Crippen molar-refractivity contribution in [1.82, 2.24) is 5.32 Å². The van der Waals surface area contributed by atoms with E-state index in [1.807, 2.05) is 6.07 Å². The molecular formula is C16H21BrFN. The van der Waals surface area contributed by atoms with Crippen molar-refractivity contribution in [3.63, 3.8) is 0 Å². The topological polar surface area (TPSA) is 12.0 Å². The van der Waals surface area contributed by atoms with E-state index in [-0.39, 0.29) is 11.9 Å². The molecule has 2 aliphatic rings. The van der Waals surface area contributed by atoms with E-state index in [2.05, 4.69) is 28.2 Å². The molecule has 104 valence electrons. The first-order valence-corrected chi connectivity index (χ1v) is 8.11. The van der Waals surface area contributed by atoms with E-state index >= 15 is 0 Å². The maximum Gasteiger partial charge on any atom is 0.128 e. The molecule has 3 heteroatoms. The van der Waals surface area contributed by atoms with Gasteiger partial charge in [-0.05, 0) is 68.7 Å². The summed E-state index contributed by atoms with van der Waals surface area (Å²) in [7, 11) is 0. The van der Waals surface area contributed by atoms with Crippen molar-refractivity contribution < 1.29 is 4.39 Å². The molecule has 1 aromatic rings. The van der Waals surface area contributed by atoms with Crippen LogP contribution in [0.1, 0.15) is 44.2 Å². The number of fused-ring (bicyclic) bond motifs is 2. The summed E-state index contributed by atoms with van der Waals surface area (Å²) in [4.78, 5) is 0. The Hall–Kier alpha value is -0.410. The highest BCUT2D eigenvalue weighted by molar-refractivity contribution is 9.10. The molecule has 0 heterocycles. The first kappa shape index (κ1) is 13.6. The SMILES string of the molecule is CC(NCC1CC2CCC1C2)c1cc(Br)ccc1F. The normalized spacial score (nSPS) is 30.8. The first-order chi connectivity index (χ1) is 9.13. The fourth-order valence-electron chi connectivity index (χ4n) is 3.91. The second-order valence-electron chi connectivity index (χ2n) is 6.23. The molecule has 1 N–H and O–H groups in total. The zero-order chi connectivity index (χ0) is 13.4. The van der Waals surface area contributed by atoms with Crippen molar-refractivity contribution in [1.29, 1.82) is 0 Å². The molecule has 2 bridgehead atoms. The number of benzene rings is 1. The molecule has 0 spiro atoms. The van der Waals surface area contributed by atoms with Crippen LogP contribution in [0.4, 0.5) is 4.39 Å². The highest BCUT2D eigenvalue weighted by atomic mass is 79.9. The van der Waals surface area contributed by atoms with Crippen LogP contribution in [0.2, 0.25) is 0 Å². The molecule has 2 saturated carbocycles. The number of hydrogen-bond donors (Lipinski definition) is 1. The summed E-state index contributed by atoms with van der Waals surface area (Å²) in [6, 6.07) is 5.25. The van der Waals surface area contributed by atoms with Gasteiger partial charge in [0, 0.05) is 16.1 Å². The van der Waals surface area contributed by atoms with Crippen molar-refractivity contribution >= 4 is 15.9 Å². The highest BCUT2D eigenvalue weighted by Gasteiger charge is 2.39. The Bertz CT molecular complexity index is 462. The molecule has 0 saturated heterocycles. The van der Waals surface area contributed by atoms with Crippen LogP contribution in [0.25, 0.3) is 0 Å².